The Morgan fingerprint density at radius 1 is 0.857 bits per heavy atom. The van der Waals surface area contributed by atoms with Gasteiger partial charge in [0.2, 0.25) is 0 Å². The van der Waals surface area contributed by atoms with Gasteiger partial charge in [-0.1, -0.05) is 24.3 Å². The third-order valence-electron chi connectivity index (χ3n) is 7.69. The molecule has 2 aromatic carbocycles. The molecule has 1 N–H and O–H groups in total. The molecule has 0 radical (unpaired) electrons. The molecular formula is C29H38N6. The maximum Gasteiger partial charge on any atom is 0.151 e. The van der Waals surface area contributed by atoms with Crippen LogP contribution in [0.5, 0.6) is 0 Å². The fraction of sp³-hybridized carbons (Fsp3) is 0.448. The number of anilines is 4. The van der Waals surface area contributed by atoms with Crippen LogP contribution >= 0.6 is 0 Å². The first-order valence-electron chi connectivity index (χ1n) is 13.0. The van der Waals surface area contributed by atoms with Crippen molar-refractivity contribution in [2.75, 3.05) is 52.7 Å². The highest BCUT2D eigenvalue weighted by atomic mass is 15.3. The van der Waals surface area contributed by atoms with E-state index in [1.165, 1.54) is 33.8 Å². The van der Waals surface area contributed by atoms with E-state index in [0.29, 0.717) is 12.1 Å². The quantitative estimate of drug-likeness (QED) is 0.553. The number of nitrogens with one attached hydrogen (secondary N) is 1. The van der Waals surface area contributed by atoms with Crippen molar-refractivity contribution in [2.45, 2.75) is 52.6 Å². The number of benzene rings is 2. The lowest BCUT2D eigenvalue weighted by atomic mass is 9.97. The Labute approximate surface area is 210 Å². The topological polar surface area (TPSA) is 47.5 Å². The minimum atomic E-state index is 0.466. The van der Waals surface area contributed by atoms with Crippen LogP contribution in [0.3, 0.4) is 0 Å². The first-order chi connectivity index (χ1) is 17.0. The molecule has 35 heavy (non-hydrogen) atoms. The van der Waals surface area contributed by atoms with Gasteiger partial charge in [-0.3, -0.25) is 0 Å². The normalized spacial score (nSPS) is 19.2. The maximum absolute atomic E-state index is 4.29. The number of piperidine rings is 1. The zero-order valence-electron chi connectivity index (χ0n) is 21.5. The Balaban J connectivity index is 1.29. The molecule has 2 fully saturated rings. The van der Waals surface area contributed by atoms with Crippen LogP contribution in [-0.4, -0.2) is 55.0 Å². The van der Waals surface area contributed by atoms with Crippen LogP contribution in [0.4, 0.5) is 22.9 Å². The van der Waals surface area contributed by atoms with Crippen molar-refractivity contribution in [3.63, 3.8) is 0 Å². The average Bonchev–Trinajstić information content (AvgIpc) is 2.88. The molecule has 2 aliphatic heterocycles. The minimum Gasteiger partial charge on any atom is -0.382 e. The van der Waals surface area contributed by atoms with E-state index in [1.807, 2.05) is 6.07 Å². The fourth-order valence-corrected chi connectivity index (χ4v) is 5.97. The Morgan fingerprint density at radius 2 is 1.63 bits per heavy atom. The Bertz CT molecular complexity index is 1120. The van der Waals surface area contributed by atoms with Crippen LogP contribution in [0.2, 0.25) is 0 Å². The standard InChI is InChI=1S/C29H38N6/c1-21-19-22(2)29(34-17-18-35(23(3)20-34)26-9-6-5-7-10-26)24(4)28(21)31-25-12-15-33(16-13-25)27-11-8-14-30-32-27/h5-11,14,19,23,25,31H,12-13,15-18,20H2,1-4H3/t23-/m0/s1. The first-order valence-corrected chi connectivity index (χ1v) is 13.0. The molecule has 6 nitrogen and oxygen atoms in total. The Hall–Kier alpha value is -3.28. The first kappa shape index (κ1) is 23.5. The van der Waals surface area contributed by atoms with Gasteiger partial charge in [0, 0.05) is 68.1 Å². The molecule has 0 spiro atoms. The molecule has 5 rings (SSSR count). The van der Waals surface area contributed by atoms with Gasteiger partial charge in [0.1, 0.15) is 0 Å². The second-order valence-corrected chi connectivity index (χ2v) is 10.2. The van der Waals surface area contributed by atoms with Crippen LogP contribution in [0.15, 0.2) is 54.7 Å². The second-order valence-electron chi connectivity index (χ2n) is 10.2. The molecule has 0 aliphatic carbocycles. The van der Waals surface area contributed by atoms with E-state index in [9.17, 15) is 0 Å². The van der Waals surface area contributed by atoms with Crippen molar-refractivity contribution in [1.29, 1.82) is 0 Å². The molecular weight excluding hydrogens is 432 g/mol. The van der Waals surface area contributed by atoms with Crippen LogP contribution in [-0.2, 0) is 0 Å². The molecule has 2 aliphatic rings. The van der Waals surface area contributed by atoms with E-state index in [4.69, 9.17) is 0 Å². The number of hydrogen-bond donors (Lipinski definition) is 1. The summed E-state index contributed by atoms with van der Waals surface area (Å²) >= 11 is 0. The summed E-state index contributed by atoms with van der Waals surface area (Å²) in [6, 6.07) is 18.2. The van der Waals surface area contributed by atoms with Gasteiger partial charge in [-0.25, -0.2) is 0 Å². The van der Waals surface area contributed by atoms with Gasteiger partial charge in [0.05, 0.1) is 0 Å². The van der Waals surface area contributed by atoms with Crippen molar-refractivity contribution in [2.24, 2.45) is 0 Å². The maximum atomic E-state index is 4.29. The summed E-state index contributed by atoms with van der Waals surface area (Å²) in [4.78, 5) is 7.49. The number of nitrogens with zero attached hydrogens (tertiary/aromatic N) is 5. The summed E-state index contributed by atoms with van der Waals surface area (Å²) in [6.07, 6.45) is 3.94. The zero-order valence-corrected chi connectivity index (χ0v) is 21.5. The molecule has 1 atom stereocenters. The monoisotopic (exact) mass is 470 g/mol. The molecule has 184 valence electrons. The molecule has 2 saturated heterocycles. The molecule has 6 heteroatoms. The molecule has 0 amide bonds. The largest absolute Gasteiger partial charge is 0.382 e. The van der Waals surface area contributed by atoms with Gasteiger partial charge in [0.15, 0.2) is 5.82 Å². The number of para-hydroxylation sites is 1. The van der Waals surface area contributed by atoms with Gasteiger partial charge >= 0.3 is 0 Å². The van der Waals surface area contributed by atoms with E-state index < -0.39 is 0 Å². The number of hydrogen-bond acceptors (Lipinski definition) is 6. The SMILES string of the molecule is Cc1cc(C)c(N2CCN(c3ccccc3)[C@@H](C)C2)c(C)c1NC1CCN(c2cccnn2)CC1. The lowest BCUT2D eigenvalue weighted by Crippen LogP contribution is -2.52. The number of aromatic nitrogens is 2. The zero-order chi connectivity index (χ0) is 24.4. The third kappa shape index (κ3) is 4.93. The highest BCUT2D eigenvalue weighted by Crippen LogP contribution is 2.36. The lowest BCUT2D eigenvalue weighted by Gasteiger charge is -2.43. The van der Waals surface area contributed by atoms with Crippen LogP contribution < -0.4 is 20.0 Å². The van der Waals surface area contributed by atoms with Crippen molar-refractivity contribution < 1.29 is 0 Å². The summed E-state index contributed by atoms with van der Waals surface area (Å²) in [5.74, 6) is 0.986. The summed E-state index contributed by atoms with van der Waals surface area (Å²) < 4.78 is 0. The average molecular weight is 471 g/mol. The van der Waals surface area contributed by atoms with Gasteiger partial charge < -0.3 is 20.0 Å². The number of piperazine rings is 1. The molecule has 3 heterocycles. The molecule has 3 aromatic rings. The smallest absolute Gasteiger partial charge is 0.151 e. The van der Waals surface area contributed by atoms with Crippen LogP contribution in [0.25, 0.3) is 0 Å². The number of aryl methyl sites for hydroxylation is 2. The number of rotatable bonds is 5. The van der Waals surface area contributed by atoms with Crippen LogP contribution in [0, 0.1) is 20.8 Å². The fourth-order valence-electron chi connectivity index (χ4n) is 5.97. The summed E-state index contributed by atoms with van der Waals surface area (Å²) in [6.45, 7) is 14.3. The van der Waals surface area contributed by atoms with E-state index in [-0.39, 0.29) is 0 Å². The predicted molar refractivity (Wildman–Crippen MR) is 147 cm³/mol. The molecule has 0 bridgehead atoms. The van der Waals surface area contributed by atoms with Gasteiger partial charge in [-0.15, -0.1) is 5.10 Å². The van der Waals surface area contributed by atoms with E-state index in [1.54, 1.807) is 6.20 Å². The van der Waals surface area contributed by atoms with Crippen molar-refractivity contribution in [3.05, 3.63) is 71.4 Å². The van der Waals surface area contributed by atoms with E-state index >= 15 is 0 Å². The Morgan fingerprint density at radius 3 is 2.31 bits per heavy atom. The van der Waals surface area contributed by atoms with E-state index in [2.05, 4.69) is 100 Å². The molecule has 0 unspecified atom stereocenters. The van der Waals surface area contributed by atoms with Crippen molar-refractivity contribution in [3.8, 4) is 0 Å². The molecule has 0 saturated carbocycles. The van der Waals surface area contributed by atoms with Gasteiger partial charge in [0.25, 0.3) is 0 Å². The second kappa shape index (κ2) is 10.1. The summed E-state index contributed by atoms with van der Waals surface area (Å²) in [5, 5.41) is 12.3. The highest BCUT2D eigenvalue weighted by molar-refractivity contribution is 5.73. The van der Waals surface area contributed by atoms with Crippen molar-refractivity contribution in [1.82, 2.24) is 10.2 Å². The molecule has 1 aromatic heterocycles. The third-order valence-corrected chi connectivity index (χ3v) is 7.69. The van der Waals surface area contributed by atoms with Crippen molar-refractivity contribution >= 4 is 22.9 Å². The minimum absolute atomic E-state index is 0.466. The van der Waals surface area contributed by atoms with Gasteiger partial charge in [-0.05, 0) is 81.5 Å². The highest BCUT2D eigenvalue weighted by Gasteiger charge is 2.28. The van der Waals surface area contributed by atoms with E-state index in [0.717, 1.165) is 51.4 Å². The lowest BCUT2D eigenvalue weighted by molar-refractivity contribution is 0.521. The van der Waals surface area contributed by atoms with Gasteiger partial charge in [-0.2, -0.15) is 5.10 Å². The summed E-state index contributed by atoms with van der Waals surface area (Å²) in [5.41, 5.74) is 8.17. The predicted octanol–water partition coefficient (Wildman–Crippen LogP) is 5.20. The summed E-state index contributed by atoms with van der Waals surface area (Å²) in [7, 11) is 0. The van der Waals surface area contributed by atoms with Crippen LogP contribution in [0.1, 0.15) is 36.5 Å². The Kier molecular flexibility index (Phi) is 6.80.